The lowest BCUT2D eigenvalue weighted by Gasteiger charge is -2.27. The van der Waals surface area contributed by atoms with Gasteiger partial charge in [0.25, 0.3) is 0 Å². The Kier molecular flexibility index (Phi) is 5.14. The average molecular weight is 402 g/mol. The molecule has 0 N–H and O–H groups in total. The molecular weight excluding hydrogens is 387 g/mol. The second-order valence-electron chi connectivity index (χ2n) is 5.85. The van der Waals surface area contributed by atoms with E-state index in [0.717, 1.165) is 27.6 Å². The number of nitrogens with zero attached hydrogens (tertiary/aromatic N) is 1. The van der Waals surface area contributed by atoms with Gasteiger partial charge in [0.1, 0.15) is 0 Å². The highest BCUT2D eigenvalue weighted by molar-refractivity contribution is 7.89. The predicted octanol–water partition coefficient (Wildman–Crippen LogP) is 4.84. The second kappa shape index (κ2) is 7.06. The van der Waals surface area contributed by atoms with Crippen molar-refractivity contribution >= 4 is 27.2 Å². The molecule has 1 aliphatic rings. The minimum atomic E-state index is -4.81. The summed E-state index contributed by atoms with van der Waals surface area (Å²) >= 11 is 5.63. The number of alkyl halides is 3. The maximum atomic E-state index is 13.3. The summed E-state index contributed by atoms with van der Waals surface area (Å²) in [6, 6.07) is 12.2. The molecule has 0 saturated heterocycles. The van der Waals surface area contributed by atoms with E-state index in [9.17, 15) is 21.6 Å². The fraction of sp³-hybridized carbons (Fsp3) is 0.222. The van der Waals surface area contributed by atoms with Gasteiger partial charge in [0, 0.05) is 18.1 Å². The normalized spacial score (nSPS) is 16.4. The van der Waals surface area contributed by atoms with Crippen LogP contribution in [0, 0.1) is 0 Å². The molecule has 0 saturated carbocycles. The molecule has 2 aromatic carbocycles. The molecule has 26 heavy (non-hydrogen) atoms. The molecule has 0 aromatic heterocycles. The summed E-state index contributed by atoms with van der Waals surface area (Å²) in [5.74, 6) is 0. The molecular formula is C18H15ClF3NO2S. The minimum absolute atomic E-state index is 0.0203. The standard InChI is InChI=1S/C18H15ClF3NO2S/c19-15-6-7-17(16(12-15)18(20,21)22)26(24,25)23-10-8-14(9-11-23)13-4-2-1-3-5-13/h1-8,12H,9-11H2. The number of hydrogen-bond donors (Lipinski definition) is 0. The van der Waals surface area contributed by atoms with Crippen LogP contribution >= 0.6 is 11.6 Å². The van der Waals surface area contributed by atoms with Crippen LogP contribution in [0.2, 0.25) is 5.02 Å². The molecule has 0 bridgehead atoms. The Morgan fingerprint density at radius 3 is 2.31 bits per heavy atom. The molecule has 2 aromatic rings. The smallest absolute Gasteiger partial charge is 0.207 e. The molecule has 0 aliphatic carbocycles. The summed E-state index contributed by atoms with van der Waals surface area (Å²) in [5.41, 5.74) is 0.707. The molecule has 0 fully saturated rings. The summed E-state index contributed by atoms with van der Waals surface area (Å²) in [4.78, 5) is -0.772. The van der Waals surface area contributed by atoms with E-state index in [1.54, 1.807) is 6.08 Å². The van der Waals surface area contributed by atoms with E-state index >= 15 is 0 Å². The quantitative estimate of drug-likeness (QED) is 0.738. The zero-order chi connectivity index (χ0) is 18.9. The fourth-order valence-electron chi connectivity index (χ4n) is 2.87. The summed E-state index contributed by atoms with van der Waals surface area (Å²) < 4.78 is 66.3. The highest BCUT2D eigenvalue weighted by Crippen LogP contribution is 2.37. The molecule has 0 spiro atoms. The zero-order valence-corrected chi connectivity index (χ0v) is 15.1. The Hall–Kier alpha value is -1.83. The third-order valence-electron chi connectivity index (χ3n) is 4.18. The second-order valence-corrected chi connectivity index (χ2v) is 8.19. The first-order chi connectivity index (χ1) is 12.2. The first-order valence-electron chi connectivity index (χ1n) is 7.81. The Balaban J connectivity index is 1.93. The molecule has 0 unspecified atom stereocenters. The Bertz CT molecular complexity index is 941. The lowest BCUT2D eigenvalue weighted by molar-refractivity contribution is -0.139. The van der Waals surface area contributed by atoms with E-state index in [4.69, 9.17) is 11.6 Å². The van der Waals surface area contributed by atoms with E-state index in [-0.39, 0.29) is 18.1 Å². The largest absolute Gasteiger partial charge is 0.417 e. The van der Waals surface area contributed by atoms with Crippen molar-refractivity contribution in [3.05, 3.63) is 70.8 Å². The van der Waals surface area contributed by atoms with Gasteiger partial charge < -0.3 is 0 Å². The number of benzene rings is 2. The van der Waals surface area contributed by atoms with Crippen molar-refractivity contribution in [1.82, 2.24) is 4.31 Å². The summed E-state index contributed by atoms with van der Waals surface area (Å²) in [5, 5.41) is -0.166. The van der Waals surface area contributed by atoms with Crippen LogP contribution < -0.4 is 0 Å². The average Bonchev–Trinajstić information content (AvgIpc) is 2.61. The third kappa shape index (κ3) is 3.79. The summed E-state index contributed by atoms with van der Waals surface area (Å²) in [7, 11) is -4.29. The van der Waals surface area contributed by atoms with Crippen LogP contribution in [0.3, 0.4) is 0 Å². The SMILES string of the molecule is O=S(=O)(c1ccc(Cl)cc1C(F)(F)F)N1CC=C(c2ccccc2)CC1. The number of sulfonamides is 1. The molecule has 0 atom stereocenters. The van der Waals surface area contributed by atoms with Gasteiger partial charge in [0.2, 0.25) is 10.0 Å². The molecule has 3 nitrogen and oxygen atoms in total. The van der Waals surface area contributed by atoms with Crippen LogP contribution in [-0.2, 0) is 16.2 Å². The van der Waals surface area contributed by atoms with Gasteiger partial charge in [0.15, 0.2) is 0 Å². The number of hydrogen-bond acceptors (Lipinski definition) is 2. The topological polar surface area (TPSA) is 37.4 Å². The minimum Gasteiger partial charge on any atom is -0.207 e. The van der Waals surface area contributed by atoms with E-state index in [0.29, 0.717) is 12.5 Å². The van der Waals surface area contributed by atoms with E-state index < -0.39 is 26.7 Å². The van der Waals surface area contributed by atoms with E-state index in [1.807, 2.05) is 30.3 Å². The molecule has 8 heteroatoms. The molecule has 1 aliphatic heterocycles. The monoisotopic (exact) mass is 401 g/mol. The first-order valence-corrected chi connectivity index (χ1v) is 9.63. The maximum Gasteiger partial charge on any atom is 0.417 e. The Morgan fingerprint density at radius 2 is 1.73 bits per heavy atom. The number of rotatable bonds is 3. The summed E-state index contributed by atoms with van der Waals surface area (Å²) in [6.07, 6.45) is -2.65. The maximum absolute atomic E-state index is 13.3. The Morgan fingerprint density at radius 1 is 1.04 bits per heavy atom. The predicted molar refractivity (Wildman–Crippen MR) is 94.2 cm³/mol. The van der Waals surface area contributed by atoms with Gasteiger partial charge in [-0.15, -0.1) is 0 Å². The summed E-state index contributed by atoms with van der Waals surface area (Å²) in [6.45, 7) is 0.134. The van der Waals surface area contributed by atoms with Gasteiger partial charge in [-0.2, -0.15) is 17.5 Å². The third-order valence-corrected chi connectivity index (χ3v) is 6.34. The van der Waals surface area contributed by atoms with Crippen molar-refractivity contribution < 1.29 is 21.6 Å². The van der Waals surface area contributed by atoms with Gasteiger partial charge in [-0.25, -0.2) is 8.42 Å². The lowest BCUT2D eigenvalue weighted by atomic mass is 10.0. The van der Waals surface area contributed by atoms with Crippen LogP contribution in [0.1, 0.15) is 17.5 Å². The molecule has 138 valence electrons. The van der Waals surface area contributed by atoms with Crippen LogP contribution in [0.5, 0.6) is 0 Å². The van der Waals surface area contributed by atoms with Crippen LogP contribution in [-0.4, -0.2) is 25.8 Å². The number of halogens is 4. The lowest BCUT2D eigenvalue weighted by Crippen LogP contribution is -2.35. The van der Waals surface area contributed by atoms with Gasteiger partial charge in [-0.3, -0.25) is 0 Å². The highest BCUT2D eigenvalue weighted by atomic mass is 35.5. The van der Waals surface area contributed by atoms with Gasteiger partial charge in [-0.1, -0.05) is 48.0 Å². The fourth-order valence-corrected chi connectivity index (χ4v) is 4.62. The van der Waals surface area contributed by atoms with Crippen molar-refractivity contribution in [3.63, 3.8) is 0 Å². The van der Waals surface area contributed by atoms with Crippen LogP contribution in [0.25, 0.3) is 5.57 Å². The van der Waals surface area contributed by atoms with Gasteiger partial charge in [-0.05, 0) is 35.8 Å². The van der Waals surface area contributed by atoms with Crippen molar-refractivity contribution in [3.8, 4) is 0 Å². The van der Waals surface area contributed by atoms with Gasteiger partial charge in [0.05, 0.1) is 10.5 Å². The molecule has 1 heterocycles. The van der Waals surface area contributed by atoms with E-state index in [1.165, 1.54) is 0 Å². The van der Waals surface area contributed by atoms with Crippen LogP contribution in [0.4, 0.5) is 13.2 Å². The molecule has 0 radical (unpaired) electrons. The zero-order valence-electron chi connectivity index (χ0n) is 13.5. The van der Waals surface area contributed by atoms with Gasteiger partial charge >= 0.3 is 6.18 Å². The van der Waals surface area contributed by atoms with Crippen molar-refractivity contribution in [2.24, 2.45) is 0 Å². The Labute approximate surface area is 154 Å². The van der Waals surface area contributed by atoms with Crippen molar-refractivity contribution in [1.29, 1.82) is 0 Å². The van der Waals surface area contributed by atoms with Crippen molar-refractivity contribution in [2.75, 3.05) is 13.1 Å². The van der Waals surface area contributed by atoms with E-state index in [2.05, 4.69) is 0 Å². The first kappa shape index (κ1) is 18.9. The molecule has 0 amide bonds. The van der Waals surface area contributed by atoms with Crippen molar-refractivity contribution in [2.45, 2.75) is 17.5 Å². The van der Waals surface area contributed by atoms with Crippen LogP contribution in [0.15, 0.2) is 59.5 Å². The highest BCUT2D eigenvalue weighted by Gasteiger charge is 2.39. The molecule has 3 rings (SSSR count).